The molecular formula is C15H22F2IN3. The molecule has 0 aliphatic carbocycles. The Kier molecular flexibility index (Phi) is 7.92. The molecule has 0 bridgehead atoms. The van der Waals surface area contributed by atoms with Gasteiger partial charge in [-0.1, -0.05) is 18.9 Å². The summed E-state index contributed by atoms with van der Waals surface area (Å²) in [5.41, 5.74) is 6.44. The Labute approximate surface area is 141 Å². The van der Waals surface area contributed by atoms with E-state index < -0.39 is 11.6 Å². The summed E-state index contributed by atoms with van der Waals surface area (Å²) in [4.78, 5) is 6.40. The van der Waals surface area contributed by atoms with Crippen molar-refractivity contribution in [3.05, 3.63) is 35.4 Å². The van der Waals surface area contributed by atoms with E-state index in [1.165, 1.54) is 25.0 Å². The minimum absolute atomic E-state index is 0. The van der Waals surface area contributed by atoms with E-state index in [9.17, 15) is 8.78 Å². The third-order valence-corrected chi connectivity index (χ3v) is 3.60. The quantitative estimate of drug-likeness (QED) is 0.473. The first-order chi connectivity index (χ1) is 9.66. The van der Waals surface area contributed by atoms with Gasteiger partial charge >= 0.3 is 0 Å². The van der Waals surface area contributed by atoms with Crippen molar-refractivity contribution < 1.29 is 8.78 Å². The van der Waals surface area contributed by atoms with Crippen molar-refractivity contribution in [3.8, 4) is 0 Å². The van der Waals surface area contributed by atoms with E-state index in [-0.39, 0.29) is 24.0 Å². The zero-order valence-corrected chi connectivity index (χ0v) is 14.4. The lowest BCUT2D eigenvalue weighted by atomic mass is 10.1. The van der Waals surface area contributed by atoms with Gasteiger partial charge in [-0.3, -0.25) is 4.99 Å². The SMILES string of the molecule is I.NC(=NCCc1ccc(F)cc1F)N1CCCCCC1. The molecule has 1 heterocycles. The molecule has 1 aromatic carbocycles. The van der Waals surface area contributed by atoms with Crippen LogP contribution in [-0.4, -0.2) is 30.5 Å². The molecule has 0 unspecified atom stereocenters. The second-order valence-electron chi connectivity index (χ2n) is 5.13. The van der Waals surface area contributed by atoms with Crippen LogP contribution in [0.25, 0.3) is 0 Å². The van der Waals surface area contributed by atoms with Gasteiger partial charge in [0.1, 0.15) is 11.6 Å². The van der Waals surface area contributed by atoms with Crippen LogP contribution in [0.4, 0.5) is 8.78 Å². The number of nitrogens with zero attached hydrogens (tertiary/aromatic N) is 2. The fourth-order valence-electron chi connectivity index (χ4n) is 2.42. The molecule has 0 spiro atoms. The first-order valence-corrected chi connectivity index (χ1v) is 7.15. The van der Waals surface area contributed by atoms with Crippen LogP contribution in [-0.2, 0) is 6.42 Å². The van der Waals surface area contributed by atoms with Gasteiger partial charge in [0, 0.05) is 25.7 Å². The van der Waals surface area contributed by atoms with Crippen LogP contribution in [0.1, 0.15) is 31.2 Å². The maximum Gasteiger partial charge on any atom is 0.191 e. The van der Waals surface area contributed by atoms with Gasteiger partial charge in [-0.15, -0.1) is 24.0 Å². The maximum absolute atomic E-state index is 13.5. The fraction of sp³-hybridized carbons (Fsp3) is 0.533. The molecule has 2 rings (SSSR count). The molecular weight excluding hydrogens is 387 g/mol. The Morgan fingerprint density at radius 2 is 1.81 bits per heavy atom. The molecule has 0 amide bonds. The number of hydrogen-bond acceptors (Lipinski definition) is 1. The van der Waals surface area contributed by atoms with Gasteiger partial charge in [0.05, 0.1) is 0 Å². The minimum Gasteiger partial charge on any atom is -0.370 e. The van der Waals surface area contributed by atoms with Gasteiger partial charge in [-0.25, -0.2) is 8.78 Å². The number of halogens is 3. The lowest BCUT2D eigenvalue weighted by Crippen LogP contribution is -2.38. The van der Waals surface area contributed by atoms with Crippen LogP contribution < -0.4 is 5.73 Å². The number of nitrogens with two attached hydrogens (primary N) is 1. The van der Waals surface area contributed by atoms with Gasteiger partial charge in [0.15, 0.2) is 5.96 Å². The summed E-state index contributed by atoms with van der Waals surface area (Å²) in [6.45, 7) is 2.31. The summed E-state index contributed by atoms with van der Waals surface area (Å²) in [7, 11) is 0. The topological polar surface area (TPSA) is 41.6 Å². The normalized spacial score (nSPS) is 16.3. The van der Waals surface area contributed by atoms with Crippen LogP contribution in [0.15, 0.2) is 23.2 Å². The lowest BCUT2D eigenvalue weighted by Gasteiger charge is -2.21. The summed E-state index contributed by atoms with van der Waals surface area (Å²) in [5.74, 6) is -0.540. The van der Waals surface area contributed by atoms with Crippen molar-refractivity contribution >= 4 is 29.9 Å². The zero-order valence-electron chi connectivity index (χ0n) is 12.0. The Morgan fingerprint density at radius 3 is 2.43 bits per heavy atom. The van der Waals surface area contributed by atoms with Crippen molar-refractivity contribution in [2.24, 2.45) is 10.7 Å². The zero-order chi connectivity index (χ0) is 14.4. The summed E-state index contributed by atoms with van der Waals surface area (Å²) >= 11 is 0. The Bertz CT molecular complexity index is 472. The first-order valence-electron chi connectivity index (χ1n) is 7.15. The maximum atomic E-state index is 13.5. The standard InChI is InChI=1S/C15H21F2N3.HI/c16-13-6-5-12(14(17)11-13)7-8-19-15(18)20-9-3-1-2-4-10-20;/h5-6,11H,1-4,7-10H2,(H2,18,19);1H. The molecule has 1 saturated heterocycles. The van der Waals surface area contributed by atoms with E-state index in [4.69, 9.17) is 5.73 Å². The molecule has 1 fully saturated rings. The average molecular weight is 409 g/mol. The van der Waals surface area contributed by atoms with Gasteiger partial charge in [0.25, 0.3) is 0 Å². The number of aliphatic imine (C=N–C) groups is 1. The van der Waals surface area contributed by atoms with Crippen LogP contribution in [0, 0.1) is 11.6 Å². The number of likely N-dealkylation sites (tertiary alicyclic amines) is 1. The summed E-state index contributed by atoms with van der Waals surface area (Å²) in [6, 6.07) is 3.62. The van der Waals surface area contributed by atoms with Crippen LogP contribution in [0.2, 0.25) is 0 Å². The Hall–Kier alpha value is -0.920. The second kappa shape index (κ2) is 9.17. The predicted molar refractivity (Wildman–Crippen MR) is 92.0 cm³/mol. The molecule has 21 heavy (non-hydrogen) atoms. The second-order valence-corrected chi connectivity index (χ2v) is 5.13. The number of benzene rings is 1. The van der Waals surface area contributed by atoms with Crippen LogP contribution in [0.3, 0.4) is 0 Å². The molecule has 0 saturated carbocycles. The largest absolute Gasteiger partial charge is 0.370 e. The highest BCUT2D eigenvalue weighted by atomic mass is 127. The summed E-state index contributed by atoms with van der Waals surface area (Å²) in [5, 5.41) is 0. The van der Waals surface area contributed by atoms with Gasteiger partial charge < -0.3 is 10.6 Å². The molecule has 3 nitrogen and oxygen atoms in total. The molecule has 118 valence electrons. The van der Waals surface area contributed by atoms with E-state index in [0.29, 0.717) is 24.5 Å². The van der Waals surface area contributed by atoms with Crippen molar-refractivity contribution in [1.29, 1.82) is 0 Å². The lowest BCUT2D eigenvalue weighted by molar-refractivity contribution is 0.428. The molecule has 0 atom stereocenters. The smallest absolute Gasteiger partial charge is 0.191 e. The van der Waals surface area contributed by atoms with Crippen molar-refractivity contribution in [2.75, 3.05) is 19.6 Å². The number of rotatable bonds is 3. The van der Waals surface area contributed by atoms with Crippen LogP contribution >= 0.6 is 24.0 Å². The Morgan fingerprint density at radius 1 is 1.14 bits per heavy atom. The fourth-order valence-corrected chi connectivity index (χ4v) is 2.42. The molecule has 0 radical (unpaired) electrons. The van der Waals surface area contributed by atoms with E-state index in [1.807, 2.05) is 0 Å². The van der Waals surface area contributed by atoms with E-state index in [0.717, 1.165) is 32.0 Å². The van der Waals surface area contributed by atoms with Crippen molar-refractivity contribution in [2.45, 2.75) is 32.1 Å². The monoisotopic (exact) mass is 409 g/mol. The number of guanidine groups is 1. The van der Waals surface area contributed by atoms with Gasteiger partial charge in [0.2, 0.25) is 0 Å². The highest BCUT2D eigenvalue weighted by Gasteiger charge is 2.10. The summed E-state index contributed by atoms with van der Waals surface area (Å²) < 4.78 is 26.2. The van der Waals surface area contributed by atoms with Crippen molar-refractivity contribution in [1.82, 2.24) is 4.90 Å². The minimum atomic E-state index is -0.557. The van der Waals surface area contributed by atoms with E-state index in [1.54, 1.807) is 0 Å². The molecule has 1 aliphatic heterocycles. The van der Waals surface area contributed by atoms with Gasteiger partial charge in [-0.2, -0.15) is 0 Å². The summed E-state index contributed by atoms with van der Waals surface area (Å²) in [6.07, 6.45) is 5.20. The number of hydrogen-bond donors (Lipinski definition) is 1. The highest BCUT2D eigenvalue weighted by molar-refractivity contribution is 14.0. The molecule has 0 aromatic heterocycles. The third-order valence-electron chi connectivity index (χ3n) is 3.60. The highest BCUT2D eigenvalue weighted by Crippen LogP contribution is 2.11. The van der Waals surface area contributed by atoms with Gasteiger partial charge in [-0.05, 0) is 30.9 Å². The molecule has 2 N–H and O–H groups in total. The Balaban J connectivity index is 0.00000220. The predicted octanol–water partition coefficient (Wildman–Crippen LogP) is 3.32. The first kappa shape index (κ1) is 18.1. The third kappa shape index (κ3) is 5.76. The average Bonchev–Trinajstić information content (AvgIpc) is 2.70. The van der Waals surface area contributed by atoms with E-state index in [2.05, 4.69) is 9.89 Å². The molecule has 1 aromatic rings. The molecule has 1 aliphatic rings. The molecule has 6 heteroatoms. The van der Waals surface area contributed by atoms with Crippen LogP contribution in [0.5, 0.6) is 0 Å². The van der Waals surface area contributed by atoms with Crippen molar-refractivity contribution in [3.63, 3.8) is 0 Å². The van der Waals surface area contributed by atoms with E-state index >= 15 is 0 Å².